The van der Waals surface area contributed by atoms with Crippen LogP contribution in [0.3, 0.4) is 0 Å². The van der Waals surface area contributed by atoms with Crippen molar-refractivity contribution in [2.45, 2.75) is 0 Å². The van der Waals surface area contributed by atoms with E-state index in [0.717, 1.165) is 22.7 Å². The van der Waals surface area contributed by atoms with Crippen LogP contribution in [0.25, 0.3) is 10.4 Å². The number of hydrogen-bond acceptors (Lipinski definition) is 5. The van der Waals surface area contributed by atoms with Gasteiger partial charge < -0.3 is 26.4 Å². The molecule has 128 valence electrons. The topological polar surface area (TPSA) is 111 Å². The number of primary amides is 2. The first-order valence-electron chi connectivity index (χ1n) is 7.25. The molecule has 2 aromatic rings. The van der Waals surface area contributed by atoms with E-state index in [1.165, 1.54) is 11.3 Å². The fourth-order valence-corrected chi connectivity index (χ4v) is 2.97. The van der Waals surface area contributed by atoms with Crippen molar-refractivity contribution in [1.82, 2.24) is 4.90 Å². The highest BCUT2D eigenvalue weighted by molar-refractivity contribution is 7.18. The predicted octanol–water partition coefficient (Wildman–Crippen LogP) is 1.95. The van der Waals surface area contributed by atoms with Crippen LogP contribution in [0.2, 0.25) is 0 Å². The Hall–Kier alpha value is -2.58. The third-order valence-electron chi connectivity index (χ3n) is 3.16. The lowest BCUT2D eigenvalue weighted by atomic mass is 10.2. The van der Waals surface area contributed by atoms with E-state index < -0.39 is 11.9 Å². The number of amides is 3. The lowest BCUT2D eigenvalue weighted by Crippen LogP contribution is -2.21. The van der Waals surface area contributed by atoms with Crippen molar-refractivity contribution in [2.24, 2.45) is 11.5 Å². The summed E-state index contributed by atoms with van der Waals surface area (Å²) in [6.07, 6.45) is 0. The fraction of sp³-hybridized carbons (Fsp3) is 0.250. The lowest BCUT2D eigenvalue weighted by molar-refractivity contribution is 0.100. The number of thiophene rings is 1. The highest BCUT2D eigenvalue weighted by Crippen LogP contribution is 2.35. The van der Waals surface area contributed by atoms with Gasteiger partial charge in [-0.15, -0.1) is 11.3 Å². The van der Waals surface area contributed by atoms with Gasteiger partial charge in [-0.2, -0.15) is 0 Å². The van der Waals surface area contributed by atoms with Gasteiger partial charge in [-0.05, 0) is 50.0 Å². The zero-order valence-electron chi connectivity index (χ0n) is 13.5. The molecule has 0 unspecified atom stereocenters. The second-order valence-electron chi connectivity index (χ2n) is 5.38. The lowest BCUT2D eigenvalue weighted by Gasteiger charge is -2.11. The minimum atomic E-state index is -0.744. The number of hydrogen-bond donors (Lipinski definition) is 3. The summed E-state index contributed by atoms with van der Waals surface area (Å²) < 4.78 is 5.64. The summed E-state index contributed by atoms with van der Waals surface area (Å²) in [7, 11) is 3.97. The molecular formula is C16H20N4O3S. The smallest absolute Gasteiger partial charge is 0.316 e. The number of likely N-dealkylation sites (N-methyl/N-ethyl adjacent to an activating group) is 1. The molecule has 0 fully saturated rings. The third kappa shape index (κ3) is 4.71. The van der Waals surface area contributed by atoms with Gasteiger partial charge >= 0.3 is 6.03 Å². The maximum Gasteiger partial charge on any atom is 0.316 e. The highest BCUT2D eigenvalue weighted by atomic mass is 32.1. The van der Waals surface area contributed by atoms with Crippen LogP contribution in [0.15, 0.2) is 30.3 Å². The number of nitrogens with one attached hydrogen (secondary N) is 1. The van der Waals surface area contributed by atoms with Crippen LogP contribution in [-0.2, 0) is 0 Å². The summed E-state index contributed by atoms with van der Waals surface area (Å²) in [5.41, 5.74) is 11.7. The van der Waals surface area contributed by atoms with E-state index in [0.29, 0.717) is 12.3 Å². The van der Waals surface area contributed by atoms with Crippen LogP contribution in [0.5, 0.6) is 5.75 Å². The van der Waals surface area contributed by atoms with Gasteiger partial charge in [-0.1, -0.05) is 0 Å². The molecule has 5 N–H and O–H groups in total. The van der Waals surface area contributed by atoms with Crippen molar-refractivity contribution >= 4 is 29.0 Å². The molecule has 1 aromatic carbocycles. The number of benzene rings is 1. The SMILES string of the molecule is CN(C)CCOc1ccc(-c2cc(NC(N)=O)c(C(N)=O)s2)cc1. The van der Waals surface area contributed by atoms with Crippen molar-refractivity contribution in [3.8, 4) is 16.2 Å². The van der Waals surface area contributed by atoms with E-state index in [9.17, 15) is 9.59 Å². The summed E-state index contributed by atoms with van der Waals surface area (Å²) in [6, 6.07) is 8.42. The summed E-state index contributed by atoms with van der Waals surface area (Å²) in [4.78, 5) is 25.6. The Bertz CT molecular complexity index is 725. The zero-order chi connectivity index (χ0) is 17.7. The largest absolute Gasteiger partial charge is 0.492 e. The minimum Gasteiger partial charge on any atom is -0.492 e. The molecule has 1 heterocycles. The van der Waals surface area contributed by atoms with Gasteiger partial charge in [0.05, 0.1) is 5.69 Å². The van der Waals surface area contributed by atoms with Crippen LogP contribution in [0.1, 0.15) is 9.67 Å². The zero-order valence-corrected chi connectivity index (χ0v) is 14.4. The standard InChI is InChI=1S/C16H20N4O3S/c1-20(2)7-8-23-11-5-3-10(4-6-11)13-9-12(19-16(18)22)14(24-13)15(17)21/h3-6,9H,7-8H2,1-2H3,(H2,17,21)(H3,18,19,22). The number of carbonyl (C=O) groups excluding carboxylic acids is 2. The Kier molecular flexibility index (Phi) is 5.78. The monoisotopic (exact) mass is 348 g/mol. The van der Waals surface area contributed by atoms with Gasteiger partial charge in [0.1, 0.15) is 17.2 Å². The number of nitrogens with zero attached hydrogens (tertiary/aromatic N) is 1. The number of ether oxygens (including phenoxy) is 1. The second kappa shape index (κ2) is 7.80. The minimum absolute atomic E-state index is 0.259. The molecule has 0 saturated carbocycles. The summed E-state index contributed by atoms with van der Waals surface area (Å²) in [5.74, 6) is 0.154. The van der Waals surface area contributed by atoms with Crippen LogP contribution in [0, 0.1) is 0 Å². The summed E-state index contributed by atoms with van der Waals surface area (Å²) >= 11 is 1.20. The molecule has 24 heavy (non-hydrogen) atoms. The maximum absolute atomic E-state index is 11.5. The van der Waals surface area contributed by atoms with Crippen molar-refractivity contribution in [1.29, 1.82) is 0 Å². The second-order valence-corrected chi connectivity index (χ2v) is 6.44. The first-order valence-corrected chi connectivity index (χ1v) is 8.06. The third-order valence-corrected chi connectivity index (χ3v) is 4.36. The van der Waals surface area contributed by atoms with Gasteiger partial charge in [-0.3, -0.25) is 4.79 Å². The Morgan fingerprint density at radius 2 is 1.88 bits per heavy atom. The number of carbonyl (C=O) groups is 2. The molecule has 0 radical (unpaired) electrons. The van der Waals surface area contributed by atoms with E-state index >= 15 is 0 Å². The number of rotatable bonds is 7. The molecule has 0 aliphatic carbocycles. The van der Waals surface area contributed by atoms with Crippen molar-refractivity contribution < 1.29 is 14.3 Å². The van der Waals surface area contributed by atoms with E-state index in [2.05, 4.69) is 5.32 Å². The van der Waals surface area contributed by atoms with Crippen LogP contribution >= 0.6 is 11.3 Å². The molecule has 2 rings (SSSR count). The molecule has 0 bridgehead atoms. The van der Waals surface area contributed by atoms with E-state index in [4.69, 9.17) is 16.2 Å². The van der Waals surface area contributed by atoms with E-state index in [1.807, 2.05) is 43.3 Å². The average molecular weight is 348 g/mol. The van der Waals surface area contributed by atoms with Gasteiger partial charge in [0, 0.05) is 11.4 Å². The molecule has 0 aliphatic heterocycles. The normalized spacial score (nSPS) is 10.6. The summed E-state index contributed by atoms with van der Waals surface area (Å²) in [5, 5.41) is 2.41. The first-order chi connectivity index (χ1) is 11.4. The Morgan fingerprint density at radius 1 is 1.21 bits per heavy atom. The van der Waals surface area contributed by atoms with Gasteiger partial charge in [-0.25, -0.2) is 4.79 Å². The highest BCUT2D eigenvalue weighted by Gasteiger charge is 2.16. The molecule has 0 saturated heterocycles. The quantitative estimate of drug-likeness (QED) is 0.710. The summed E-state index contributed by atoms with van der Waals surface area (Å²) in [6.45, 7) is 1.43. The number of nitrogens with two attached hydrogens (primary N) is 2. The van der Waals surface area contributed by atoms with Gasteiger partial charge in [0.25, 0.3) is 5.91 Å². The molecule has 0 atom stereocenters. The van der Waals surface area contributed by atoms with Crippen LogP contribution in [-0.4, -0.2) is 44.1 Å². The fourth-order valence-electron chi connectivity index (χ4n) is 2.00. The first kappa shape index (κ1) is 17.8. The van der Waals surface area contributed by atoms with E-state index in [-0.39, 0.29) is 4.88 Å². The number of urea groups is 1. The van der Waals surface area contributed by atoms with Crippen molar-refractivity contribution in [3.63, 3.8) is 0 Å². The van der Waals surface area contributed by atoms with Gasteiger partial charge in [0.15, 0.2) is 0 Å². The molecule has 3 amide bonds. The molecule has 0 spiro atoms. The molecule has 1 aromatic heterocycles. The van der Waals surface area contributed by atoms with Gasteiger partial charge in [0.2, 0.25) is 0 Å². The molecule has 7 nitrogen and oxygen atoms in total. The predicted molar refractivity (Wildman–Crippen MR) is 95.5 cm³/mol. The van der Waals surface area contributed by atoms with Crippen molar-refractivity contribution in [2.75, 3.05) is 32.6 Å². The molecule has 0 aliphatic rings. The van der Waals surface area contributed by atoms with Crippen LogP contribution < -0.4 is 21.5 Å². The van der Waals surface area contributed by atoms with E-state index in [1.54, 1.807) is 6.07 Å². The van der Waals surface area contributed by atoms with Crippen LogP contribution in [0.4, 0.5) is 10.5 Å². The van der Waals surface area contributed by atoms with Crippen molar-refractivity contribution in [3.05, 3.63) is 35.2 Å². The average Bonchev–Trinajstić information content (AvgIpc) is 2.91. The molecule has 8 heteroatoms. The molecular weight excluding hydrogens is 328 g/mol. The Morgan fingerprint density at radius 3 is 2.42 bits per heavy atom. The Balaban J connectivity index is 2.16. The Labute approximate surface area is 144 Å². The number of anilines is 1. The maximum atomic E-state index is 11.5.